The van der Waals surface area contributed by atoms with Crippen molar-refractivity contribution >= 4 is 26.5 Å². The third kappa shape index (κ3) is 2.49. The van der Waals surface area contributed by atoms with Crippen LogP contribution >= 0.6 is 0 Å². The molecule has 0 spiro atoms. The summed E-state index contributed by atoms with van der Waals surface area (Å²) in [5.41, 5.74) is 1.42. The van der Waals surface area contributed by atoms with Crippen LogP contribution in [0.5, 0.6) is 0 Å². The van der Waals surface area contributed by atoms with Crippen molar-refractivity contribution in [2.24, 2.45) is 0 Å². The highest BCUT2D eigenvalue weighted by molar-refractivity contribution is 7.11. The maximum atomic E-state index is 2.60. The summed E-state index contributed by atoms with van der Waals surface area (Å²) in [4.78, 5) is 0. The summed E-state index contributed by atoms with van der Waals surface area (Å²) in [7, 11) is -3.52. The van der Waals surface area contributed by atoms with E-state index in [1.165, 1.54) is 5.57 Å². The van der Waals surface area contributed by atoms with Crippen LogP contribution in [0, 0.1) is 0 Å². The largest absolute Gasteiger partial charge is 0.0922 e. The Balaban J connectivity index is 2.23. The van der Waals surface area contributed by atoms with Crippen LogP contribution in [-0.2, 0) is 0 Å². The summed E-state index contributed by atoms with van der Waals surface area (Å²) in [6, 6.07) is 22.4. The van der Waals surface area contributed by atoms with E-state index in [0.29, 0.717) is 0 Å². The Labute approximate surface area is 149 Å². The molecule has 0 aromatic heterocycles. The van der Waals surface area contributed by atoms with Crippen LogP contribution in [0.4, 0.5) is 0 Å². The van der Waals surface area contributed by atoms with Crippen molar-refractivity contribution in [3.63, 3.8) is 0 Å². The fourth-order valence-corrected chi connectivity index (χ4v) is 16.8. The molecule has 0 nitrogen and oxygen atoms in total. The molecule has 124 valence electrons. The van der Waals surface area contributed by atoms with Crippen molar-refractivity contribution in [3.8, 4) is 0 Å². The van der Waals surface area contributed by atoms with E-state index < -0.39 is 16.1 Å². The van der Waals surface area contributed by atoms with Crippen LogP contribution < -0.4 is 10.4 Å². The Morgan fingerprint density at radius 1 is 0.667 bits per heavy atom. The normalized spacial score (nSPS) is 17.0. The fourth-order valence-electron chi connectivity index (χ4n) is 4.46. The minimum Gasteiger partial charge on any atom is -0.0790 e. The van der Waals surface area contributed by atoms with E-state index in [4.69, 9.17) is 0 Å². The van der Waals surface area contributed by atoms with Crippen LogP contribution in [0.3, 0.4) is 0 Å². The van der Waals surface area contributed by atoms with E-state index in [1.807, 2.05) is 0 Å². The highest BCUT2D eigenvalue weighted by Crippen LogP contribution is 2.52. The van der Waals surface area contributed by atoms with E-state index in [0.717, 1.165) is 0 Å². The molecule has 2 aromatic rings. The minimum atomic E-state index is -1.76. The Bertz CT molecular complexity index is 717. The summed E-state index contributed by atoms with van der Waals surface area (Å²) < 4.78 is 0.201. The van der Waals surface area contributed by atoms with E-state index in [1.54, 1.807) is 10.4 Å². The predicted molar refractivity (Wildman–Crippen MR) is 113 cm³/mol. The summed E-state index contributed by atoms with van der Waals surface area (Å²) in [5, 5.41) is 3.11. The zero-order valence-corrected chi connectivity index (χ0v) is 17.5. The average Bonchev–Trinajstić information content (AvgIpc) is 3.01. The van der Waals surface area contributed by atoms with Gasteiger partial charge in [0.15, 0.2) is 0 Å². The quantitative estimate of drug-likeness (QED) is 0.681. The molecule has 1 aliphatic rings. The van der Waals surface area contributed by atoms with Gasteiger partial charge in [-0.3, -0.25) is 0 Å². The van der Waals surface area contributed by atoms with Gasteiger partial charge in [-0.15, -0.1) is 0 Å². The fraction of sp³-hybridized carbons (Fsp3) is 0.273. The predicted octanol–water partition coefficient (Wildman–Crippen LogP) is 5.01. The van der Waals surface area contributed by atoms with Crippen molar-refractivity contribution in [1.82, 2.24) is 0 Å². The monoisotopic (exact) mass is 348 g/mol. The molecule has 0 aliphatic heterocycles. The molecule has 0 saturated heterocycles. The molecule has 0 N–H and O–H groups in total. The van der Waals surface area contributed by atoms with Crippen molar-refractivity contribution in [2.75, 3.05) is 0 Å². The Kier molecular flexibility index (Phi) is 4.31. The zero-order valence-electron chi connectivity index (χ0n) is 15.5. The summed E-state index contributed by atoms with van der Waals surface area (Å²) in [6.07, 6.45) is 7.52. The van der Waals surface area contributed by atoms with Gasteiger partial charge in [-0.25, -0.2) is 0 Å². The van der Waals surface area contributed by atoms with Gasteiger partial charge in [0.1, 0.15) is 0 Å². The van der Waals surface area contributed by atoms with Crippen LogP contribution in [-0.4, -0.2) is 16.1 Å². The summed E-state index contributed by atoms with van der Waals surface area (Å²) in [6.45, 7) is 12.5. The minimum absolute atomic E-state index is 0.201. The smallest absolute Gasteiger partial charge is 0.0790 e. The topological polar surface area (TPSA) is 0 Å². The molecule has 0 unspecified atom stereocenters. The third-order valence-corrected chi connectivity index (χ3v) is 18.2. The average molecular weight is 349 g/mol. The molecular weight excluding hydrogens is 320 g/mol. The lowest BCUT2D eigenvalue weighted by molar-refractivity contribution is 1.11. The number of allylic oxidation sites excluding steroid dienone is 4. The third-order valence-electron chi connectivity index (χ3n) is 6.12. The van der Waals surface area contributed by atoms with Crippen LogP contribution in [0.2, 0.25) is 30.8 Å². The molecule has 3 rings (SSSR count). The van der Waals surface area contributed by atoms with Crippen molar-refractivity contribution < 1.29 is 0 Å². The Morgan fingerprint density at radius 3 is 1.42 bits per heavy atom. The van der Waals surface area contributed by atoms with Crippen molar-refractivity contribution in [2.45, 2.75) is 37.8 Å². The van der Waals surface area contributed by atoms with E-state index in [2.05, 4.69) is 112 Å². The van der Waals surface area contributed by atoms with Gasteiger partial charge < -0.3 is 0 Å². The molecule has 0 fully saturated rings. The van der Waals surface area contributed by atoms with Gasteiger partial charge in [0.05, 0.1) is 16.1 Å². The van der Waals surface area contributed by atoms with Gasteiger partial charge in [0.2, 0.25) is 0 Å². The van der Waals surface area contributed by atoms with Crippen LogP contribution in [0.25, 0.3) is 0 Å². The van der Waals surface area contributed by atoms with Gasteiger partial charge in [-0.1, -0.05) is 121 Å². The molecule has 0 radical (unpaired) electrons. The highest BCUT2D eigenvalue weighted by Gasteiger charge is 2.56. The maximum absolute atomic E-state index is 2.60. The first-order valence-corrected chi connectivity index (χ1v) is 14.8. The van der Waals surface area contributed by atoms with Gasteiger partial charge in [-0.05, 0) is 6.92 Å². The zero-order chi connectivity index (χ0) is 17.4. The van der Waals surface area contributed by atoms with E-state index in [-0.39, 0.29) is 4.66 Å². The van der Waals surface area contributed by atoms with Crippen molar-refractivity contribution in [3.05, 3.63) is 84.5 Å². The standard InChI is InChI=1S/C22H28Si2/c1-19-16-17-22(18-19,23(2,3)20-12-8-6-9-13-20)24(4,5)21-14-10-7-11-15-21/h6-18H,1-5H3. The molecule has 0 bridgehead atoms. The molecule has 0 saturated carbocycles. The van der Waals surface area contributed by atoms with E-state index >= 15 is 0 Å². The lowest BCUT2D eigenvalue weighted by Gasteiger charge is -2.50. The summed E-state index contributed by atoms with van der Waals surface area (Å²) in [5.74, 6) is 0. The van der Waals surface area contributed by atoms with Gasteiger partial charge in [0.25, 0.3) is 0 Å². The second-order valence-corrected chi connectivity index (χ2v) is 17.9. The molecule has 2 aromatic carbocycles. The Hall–Kier alpha value is -1.65. The molecule has 24 heavy (non-hydrogen) atoms. The van der Waals surface area contributed by atoms with Gasteiger partial charge in [-0.2, -0.15) is 0 Å². The lowest BCUT2D eigenvalue weighted by atomic mass is 10.3. The first-order valence-electron chi connectivity index (χ1n) is 8.81. The van der Waals surface area contributed by atoms with Crippen molar-refractivity contribution in [1.29, 1.82) is 0 Å². The first-order chi connectivity index (χ1) is 11.3. The molecule has 2 heteroatoms. The SMILES string of the molecule is CC1=CC([Si](C)(C)c2ccccc2)([Si](C)(C)c2ccccc2)C=C1. The number of benzene rings is 2. The highest BCUT2D eigenvalue weighted by atomic mass is 28.4. The molecule has 0 heterocycles. The number of hydrogen-bond donors (Lipinski definition) is 0. The summed E-state index contributed by atoms with van der Waals surface area (Å²) >= 11 is 0. The first kappa shape index (κ1) is 17.2. The number of hydrogen-bond acceptors (Lipinski definition) is 0. The second-order valence-electron chi connectivity index (χ2n) is 8.07. The van der Waals surface area contributed by atoms with Crippen LogP contribution in [0.1, 0.15) is 6.92 Å². The lowest BCUT2D eigenvalue weighted by Crippen LogP contribution is -2.65. The maximum Gasteiger partial charge on any atom is 0.0922 e. The van der Waals surface area contributed by atoms with Gasteiger partial charge in [0, 0.05) is 4.66 Å². The van der Waals surface area contributed by atoms with Crippen LogP contribution in [0.15, 0.2) is 84.5 Å². The van der Waals surface area contributed by atoms with Gasteiger partial charge >= 0.3 is 0 Å². The Morgan fingerprint density at radius 2 is 1.08 bits per heavy atom. The second kappa shape index (κ2) is 6.01. The molecule has 0 atom stereocenters. The number of rotatable bonds is 4. The molecule has 0 amide bonds. The van der Waals surface area contributed by atoms with E-state index in [9.17, 15) is 0 Å². The molecule has 1 aliphatic carbocycles. The molecular formula is C22H28Si2.